The first-order valence-corrected chi connectivity index (χ1v) is 5.96. The maximum absolute atomic E-state index is 5.79. The lowest BCUT2D eigenvalue weighted by Gasteiger charge is -2.43. The van der Waals surface area contributed by atoms with Gasteiger partial charge in [-0.3, -0.25) is 0 Å². The summed E-state index contributed by atoms with van der Waals surface area (Å²) >= 11 is 0. The molecule has 1 heterocycles. The molecule has 0 spiro atoms. The molecule has 0 saturated carbocycles. The van der Waals surface area contributed by atoms with Gasteiger partial charge in [-0.05, 0) is 0 Å². The minimum absolute atomic E-state index is 0.303. The SMILES string of the molecule is C=C=CO[C@@H]1O[C@H](COC)[C@@H](OC)[C@H](OC)[C@H]1OC. The molecule has 0 N–H and O–H groups in total. The summed E-state index contributed by atoms with van der Waals surface area (Å²) in [5, 5.41) is 0. The zero-order valence-corrected chi connectivity index (χ0v) is 11.8. The molecule has 0 aromatic heterocycles. The van der Waals surface area contributed by atoms with E-state index in [0.717, 1.165) is 0 Å². The predicted molar refractivity (Wildman–Crippen MR) is 67.7 cm³/mol. The van der Waals surface area contributed by atoms with Crippen LogP contribution in [0.5, 0.6) is 0 Å². The largest absolute Gasteiger partial charge is 0.461 e. The second-order valence-electron chi connectivity index (χ2n) is 4.06. The van der Waals surface area contributed by atoms with Crippen molar-refractivity contribution < 1.29 is 28.4 Å². The second-order valence-corrected chi connectivity index (χ2v) is 4.06. The highest BCUT2D eigenvalue weighted by atomic mass is 16.7. The number of hydrogen-bond donors (Lipinski definition) is 0. The molecule has 1 rings (SSSR count). The van der Waals surface area contributed by atoms with Crippen LogP contribution < -0.4 is 0 Å². The van der Waals surface area contributed by atoms with Crippen molar-refractivity contribution in [1.82, 2.24) is 0 Å². The molecule has 0 bridgehead atoms. The minimum atomic E-state index is -0.629. The van der Waals surface area contributed by atoms with Crippen LogP contribution in [0.3, 0.4) is 0 Å². The smallest absolute Gasteiger partial charge is 0.229 e. The highest BCUT2D eigenvalue weighted by Gasteiger charge is 2.47. The molecular formula is C13H22O6. The quantitative estimate of drug-likeness (QED) is 0.503. The molecule has 1 saturated heterocycles. The molecule has 1 aliphatic rings. The van der Waals surface area contributed by atoms with Gasteiger partial charge in [0.1, 0.15) is 30.7 Å². The van der Waals surface area contributed by atoms with E-state index in [1.165, 1.54) is 6.26 Å². The average molecular weight is 274 g/mol. The molecule has 0 aromatic rings. The molecule has 110 valence electrons. The molecule has 0 unspecified atom stereocenters. The Balaban J connectivity index is 2.90. The fraction of sp³-hybridized carbons (Fsp3) is 0.769. The van der Waals surface area contributed by atoms with Crippen molar-refractivity contribution >= 4 is 0 Å². The maximum Gasteiger partial charge on any atom is 0.229 e. The zero-order valence-electron chi connectivity index (χ0n) is 11.8. The lowest BCUT2D eigenvalue weighted by atomic mass is 9.98. The van der Waals surface area contributed by atoms with Gasteiger partial charge in [0.05, 0.1) is 6.61 Å². The Kier molecular flexibility index (Phi) is 7.09. The van der Waals surface area contributed by atoms with Gasteiger partial charge in [-0.2, -0.15) is 0 Å². The molecule has 0 radical (unpaired) electrons. The lowest BCUT2D eigenvalue weighted by Crippen LogP contribution is -2.60. The highest BCUT2D eigenvalue weighted by molar-refractivity contribution is 4.92. The normalized spacial score (nSPS) is 34.6. The van der Waals surface area contributed by atoms with Crippen LogP contribution in [0.1, 0.15) is 0 Å². The summed E-state index contributed by atoms with van der Waals surface area (Å²) in [6.45, 7) is 3.81. The van der Waals surface area contributed by atoms with Crippen LogP contribution in [-0.4, -0.2) is 65.8 Å². The lowest BCUT2D eigenvalue weighted by molar-refractivity contribution is -0.301. The van der Waals surface area contributed by atoms with Crippen LogP contribution in [0.4, 0.5) is 0 Å². The van der Waals surface area contributed by atoms with Gasteiger partial charge in [-0.1, -0.05) is 12.3 Å². The van der Waals surface area contributed by atoms with Crippen LogP contribution >= 0.6 is 0 Å². The Hall–Kier alpha value is -0.880. The van der Waals surface area contributed by atoms with Gasteiger partial charge in [-0.25, -0.2) is 0 Å². The molecule has 6 heteroatoms. The van der Waals surface area contributed by atoms with E-state index in [9.17, 15) is 0 Å². The summed E-state index contributed by atoms with van der Waals surface area (Å²) in [5.41, 5.74) is 2.53. The van der Waals surface area contributed by atoms with Gasteiger partial charge < -0.3 is 28.4 Å². The van der Waals surface area contributed by atoms with Gasteiger partial charge in [0.15, 0.2) is 0 Å². The summed E-state index contributed by atoms with van der Waals surface area (Å²) in [7, 11) is 6.36. The van der Waals surface area contributed by atoms with Crippen molar-refractivity contribution in [3.8, 4) is 0 Å². The molecule has 6 nitrogen and oxygen atoms in total. The molecule has 19 heavy (non-hydrogen) atoms. The van der Waals surface area contributed by atoms with E-state index in [4.69, 9.17) is 28.4 Å². The third-order valence-electron chi connectivity index (χ3n) is 3.02. The average Bonchev–Trinajstić information content (AvgIpc) is 2.44. The molecule has 0 aromatic carbocycles. The fourth-order valence-electron chi connectivity index (χ4n) is 2.20. The Morgan fingerprint density at radius 2 is 1.68 bits per heavy atom. The van der Waals surface area contributed by atoms with E-state index in [-0.39, 0.29) is 18.3 Å². The number of rotatable bonds is 7. The van der Waals surface area contributed by atoms with Gasteiger partial charge in [0.25, 0.3) is 0 Å². The van der Waals surface area contributed by atoms with E-state index in [0.29, 0.717) is 6.61 Å². The standard InChI is InChI=1S/C13H22O6/c1-6-7-18-13-12(17-5)11(16-4)10(15-3)9(19-13)8-14-2/h7,9-13H,1,8H2,2-5H3/t9-,10-,11+,12-,13-/m1/s1. The van der Waals surface area contributed by atoms with Crippen molar-refractivity contribution in [2.24, 2.45) is 0 Å². The summed E-state index contributed by atoms with van der Waals surface area (Å²) in [4.78, 5) is 0. The van der Waals surface area contributed by atoms with E-state index in [1.807, 2.05) is 0 Å². The van der Waals surface area contributed by atoms with Crippen LogP contribution in [0, 0.1) is 0 Å². The van der Waals surface area contributed by atoms with Crippen molar-refractivity contribution in [1.29, 1.82) is 0 Å². The minimum Gasteiger partial charge on any atom is -0.461 e. The van der Waals surface area contributed by atoms with Gasteiger partial charge in [0.2, 0.25) is 6.29 Å². The molecule has 1 aliphatic heterocycles. The van der Waals surface area contributed by atoms with E-state index in [1.54, 1.807) is 28.4 Å². The topological polar surface area (TPSA) is 55.4 Å². The summed E-state index contributed by atoms with van der Waals surface area (Å²) < 4.78 is 32.6. The van der Waals surface area contributed by atoms with Crippen molar-refractivity contribution in [3.63, 3.8) is 0 Å². The van der Waals surface area contributed by atoms with Gasteiger partial charge in [-0.15, -0.1) is 0 Å². The Morgan fingerprint density at radius 3 is 2.16 bits per heavy atom. The molecule has 0 amide bonds. The molecule has 0 aliphatic carbocycles. The fourth-order valence-corrected chi connectivity index (χ4v) is 2.20. The van der Waals surface area contributed by atoms with Crippen molar-refractivity contribution in [2.45, 2.75) is 30.7 Å². The number of hydrogen-bond acceptors (Lipinski definition) is 6. The maximum atomic E-state index is 5.79. The summed E-state index contributed by atoms with van der Waals surface area (Å²) in [6, 6.07) is 0. The second kappa shape index (κ2) is 8.32. The van der Waals surface area contributed by atoms with Crippen LogP contribution in [0.15, 0.2) is 18.6 Å². The third-order valence-corrected chi connectivity index (χ3v) is 3.02. The Morgan fingerprint density at radius 1 is 1.05 bits per heavy atom. The third kappa shape index (κ3) is 3.79. The monoisotopic (exact) mass is 274 g/mol. The van der Waals surface area contributed by atoms with Crippen molar-refractivity contribution in [2.75, 3.05) is 35.0 Å². The summed E-state index contributed by atoms with van der Waals surface area (Å²) in [5.74, 6) is 0. The van der Waals surface area contributed by atoms with E-state index < -0.39 is 12.4 Å². The first-order valence-electron chi connectivity index (χ1n) is 5.96. The van der Waals surface area contributed by atoms with Gasteiger partial charge in [0, 0.05) is 28.4 Å². The highest BCUT2D eigenvalue weighted by Crippen LogP contribution is 2.28. The molecule has 5 atom stereocenters. The summed E-state index contributed by atoms with van der Waals surface area (Å²) in [6.07, 6.45) is -0.659. The predicted octanol–water partition coefficient (Wildman–Crippen LogP) is 0.718. The van der Waals surface area contributed by atoms with Crippen LogP contribution in [-0.2, 0) is 28.4 Å². The van der Waals surface area contributed by atoms with E-state index in [2.05, 4.69) is 12.3 Å². The molecule has 1 fully saturated rings. The first kappa shape index (κ1) is 16.2. The first-order chi connectivity index (χ1) is 9.23. The molecular weight excluding hydrogens is 252 g/mol. The number of methoxy groups -OCH3 is 4. The van der Waals surface area contributed by atoms with Crippen molar-refractivity contribution in [3.05, 3.63) is 18.6 Å². The Labute approximate surface area is 113 Å². The zero-order chi connectivity index (χ0) is 14.3. The van der Waals surface area contributed by atoms with E-state index >= 15 is 0 Å². The Bertz CT molecular complexity index is 302. The van der Waals surface area contributed by atoms with Crippen LogP contribution in [0.25, 0.3) is 0 Å². The van der Waals surface area contributed by atoms with Crippen LogP contribution in [0.2, 0.25) is 0 Å². The van der Waals surface area contributed by atoms with Gasteiger partial charge >= 0.3 is 0 Å². The number of ether oxygens (including phenoxy) is 6.